The summed E-state index contributed by atoms with van der Waals surface area (Å²) in [6.07, 6.45) is 0.718. The first-order chi connectivity index (χ1) is 15.8. The molecule has 34 heavy (non-hydrogen) atoms. The van der Waals surface area contributed by atoms with E-state index in [0.717, 1.165) is 16.7 Å². The molecule has 0 bridgehead atoms. The van der Waals surface area contributed by atoms with Crippen LogP contribution in [0.15, 0.2) is 54.6 Å². The van der Waals surface area contributed by atoms with Crippen molar-refractivity contribution in [2.45, 2.75) is 70.2 Å². The first-order valence-electron chi connectivity index (χ1n) is 11.8. The molecule has 1 fully saturated rings. The third-order valence-electron chi connectivity index (χ3n) is 7.87. The Labute approximate surface area is 204 Å². The van der Waals surface area contributed by atoms with Crippen LogP contribution in [0.3, 0.4) is 0 Å². The van der Waals surface area contributed by atoms with Crippen LogP contribution < -0.4 is 0 Å². The first-order valence-corrected chi connectivity index (χ1v) is 14.7. The van der Waals surface area contributed by atoms with Crippen molar-refractivity contribution in [1.29, 1.82) is 0 Å². The molecule has 0 amide bonds. The Bertz CT molecular complexity index is 1010. The lowest BCUT2D eigenvalue weighted by molar-refractivity contribution is -0.186. The van der Waals surface area contributed by atoms with Crippen molar-refractivity contribution in [3.8, 4) is 0 Å². The molecule has 0 unspecified atom stereocenters. The molecule has 1 aliphatic rings. The summed E-state index contributed by atoms with van der Waals surface area (Å²) in [6.45, 7) is 12.8. The van der Waals surface area contributed by atoms with Crippen molar-refractivity contribution in [1.82, 2.24) is 0 Å². The molecule has 0 spiro atoms. The number of hydrogen-bond donors (Lipinski definition) is 0. The standard InChI is InChI=1S/C28H38O5Si/c1-20-14-16-21(17-15-20)22-18-27(24(29)31-5,25(30)32-6)28(19-22,23-12-10-9-11-13-23)33-34(7,8)26(2,3)4/h9-17,22H,18-19H2,1-8H3/t22-,28-/m1/s1. The van der Waals surface area contributed by atoms with Gasteiger partial charge >= 0.3 is 11.9 Å². The molecule has 1 aliphatic carbocycles. The number of carbonyl (C=O) groups excluding carboxylic acids is 2. The van der Waals surface area contributed by atoms with Crippen molar-refractivity contribution in [3.63, 3.8) is 0 Å². The summed E-state index contributed by atoms with van der Waals surface area (Å²) in [5, 5.41) is -0.144. The zero-order valence-corrected chi connectivity index (χ0v) is 22.7. The number of carbonyl (C=O) groups is 2. The molecule has 1 saturated carbocycles. The van der Waals surface area contributed by atoms with Crippen molar-refractivity contribution >= 4 is 20.3 Å². The predicted octanol–water partition coefficient (Wildman–Crippen LogP) is 6.12. The number of hydrogen-bond acceptors (Lipinski definition) is 5. The average molecular weight is 483 g/mol. The lowest BCUT2D eigenvalue weighted by Gasteiger charge is -2.49. The summed E-state index contributed by atoms with van der Waals surface area (Å²) >= 11 is 0. The van der Waals surface area contributed by atoms with E-state index >= 15 is 0 Å². The summed E-state index contributed by atoms with van der Waals surface area (Å²) in [6, 6.07) is 17.9. The van der Waals surface area contributed by atoms with Gasteiger partial charge in [0, 0.05) is 0 Å². The second-order valence-corrected chi connectivity index (χ2v) is 15.7. The van der Waals surface area contributed by atoms with Crippen LogP contribution in [0, 0.1) is 12.3 Å². The topological polar surface area (TPSA) is 61.8 Å². The zero-order valence-electron chi connectivity index (χ0n) is 21.7. The summed E-state index contributed by atoms with van der Waals surface area (Å²) in [4.78, 5) is 27.4. The highest BCUT2D eigenvalue weighted by Gasteiger charge is 2.71. The number of ether oxygens (including phenoxy) is 2. The summed E-state index contributed by atoms with van der Waals surface area (Å²) < 4.78 is 17.9. The Morgan fingerprint density at radius 1 is 0.882 bits per heavy atom. The molecular weight excluding hydrogens is 444 g/mol. The van der Waals surface area contributed by atoms with Gasteiger partial charge < -0.3 is 13.9 Å². The van der Waals surface area contributed by atoms with E-state index in [4.69, 9.17) is 13.9 Å². The number of benzene rings is 2. The number of aryl methyl sites for hydroxylation is 1. The molecule has 2 aromatic carbocycles. The fraction of sp³-hybridized carbons (Fsp3) is 0.500. The number of rotatable bonds is 6. The van der Waals surface area contributed by atoms with Crippen LogP contribution in [-0.2, 0) is 29.1 Å². The van der Waals surface area contributed by atoms with E-state index in [2.05, 4.69) is 58.1 Å². The molecule has 2 aromatic rings. The van der Waals surface area contributed by atoms with Gasteiger partial charge in [-0.25, -0.2) is 0 Å². The Morgan fingerprint density at radius 3 is 1.88 bits per heavy atom. The third kappa shape index (κ3) is 4.22. The highest BCUT2D eigenvalue weighted by Crippen LogP contribution is 2.63. The maximum absolute atomic E-state index is 13.7. The SMILES string of the molecule is COC(=O)C1(C(=O)OC)C[C@@H](c2ccc(C)cc2)C[C@@]1(O[Si](C)(C)C(C)(C)C)c1ccccc1. The van der Waals surface area contributed by atoms with Crippen molar-refractivity contribution in [2.24, 2.45) is 5.41 Å². The Hall–Kier alpha value is -2.44. The van der Waals surface area contributed by atoms with Gasteiger partial charge in [-0.15, -0.1) is 0 Å². The minimum absolute atomic E-state index is 0.0937. The molecule has 0 aromatic heterocycles. The molecule has 5 nitrogen and oxygen atoms in total. The lowest BCUT2D eigenvalue weighted by atomic mass is 9.70. The van der Waals surface area contributed by atoms with Gasteiger partial charge in [-0.05, 0) is 54.9 Å². The Kier molecular flexibility index (Phi) is 7.16. The minimum Gasteiger partial charge on any atom is -0.468 e. The van der Waals surface area contributed by atoms with Gasteiger partial charge in [0.25, 0.3) is 0 Å². The molecule has 0 saturated heterocycles. The molecule has 0 aliphatic heterocycles. The maximum Gasteiger partial charge on any atom is 0.326 e. The normalized spacial score (nSPS) is 22.3. The molecule has 0 radical (unpaired) electrons. The van der Waals surface area contributed by atoms with Gasteiger partial charge in [0.1, 0.15) is 5.60 Å². The number of methoxy groups -OCH3 is 2. The van der Waals surface area contributed by atoms with E-state index in [0.29, 0.717) is 6.42 Å². The van der Waals surface area contributed by atoms with Gasteiger partial charge in [-0.1, -0.05) is 80.9 Å². The van der Waals surface area contributed by atoms with Crippen molar-refractivity contribution in [3.05, 3.63) is 71.3 Å². The fourth-order valence-electron chi connectivity index (χ4n) is 4.98. The maximum atomic E-state index is 13.7. The molecule has 2 atom stereocenters. The van der Waals surface area contributed by atoms with Gasteiger partial charge in [0.2, 0.25) is 0 Å². The first kappa shape index (κ1) is 26.2. The van der Waals surface area contributed by atoms with Crippen LogP contribution in [0.5, 0.6) is 0 Å². The third-order valence-corrected chi connectivity index (χ3v) is 12.3. The molecule has 0 heterocycles. The van der Waals surface area contributed by atoms with Crippen molar-refractivity contribution in [2.75, 3.05) is 14.2 Å². The van der Waals surface area contributed by atoms with E-state index in [1.165, 1.54) is 14.2 Å². The molecule has 0 N–H and O–H groups in total. The van der Waals surface area contributed by atoms with Gasteiger partial charge in [-0.3, -0.25) is 9.59 Å². The van der Waals surface area contributed by atoms with Crippen LogP contribution in [-0.4, -0.2) is 34.5 Å². The van der Waals surface area contributed by atoms with Crippen LogP contribution in [0.4, 0.5) is 0 Å². The average Bonchev–Trinajstić information content (AvgIpc) is 3.14. The van der Waals surface area contributed by atoms with Crippen LogP contribution in [0.1, 0.15) is 56.2 Å². The summed E-state index contributed by atoms with van der Waals surface area (Å²) in [5.41, 5.74) is 0.154. The smallest absolute Gasteiger partial charge is 0.326 e. The zero-order chi connectivity index (χ0) is 25.4. The predicted molar refractivity (Wildman–Crippen MR) is 136 cm³/mol. The van der Waals surface area contributed by atoms with E-state index in [1.807, 2.05) is 37.3 Å². The molecule has 3 rings (SSSR count). The lowest BCUT2D eigenvalue weighted by Crippen LogP contribution is -2.60. The summed E-state index contributed by atoms with van der Waals surface area (Å²) in [5.74, 6) is -1.32. The largest absolute Gasteiger partial charge is 0.468 e. The van der Waals surface area contributed by atoms with Gasteiger partial charge in [-0.2, -0.15) is 0 Å². The fourth-order valence-corrected chi connectivity index (χ4v) is 6.53. The minimum atomic E-state index is -2.49. The van der Waals surface area contributed by atoms with E-state index in [-0.39, 0.29) is 17.4 Å². The summed E-state index contributed by atoms with van der Waals surface area (Å²) in [7, 11) is 0.169. The highest BCUT2D eigenvalue weighted by molar-refractivity contribution is 6.74. The Balaban J connectivity index is 2.35. The van der Waals surface area contributed by atoms with E-state index in [9.17, 15) is 9.59 Å². The quantitative estimate of drug-likeness (QED) is 0.282. The monoisotopic (exact) mass is 482 g/mol. The van der Waals surface area contributed by atoms with E-state index < -0.39 is 31.3 Å². The van der Waals surface area contributed by atoms with Crippen LogP contribution >= 0.6 is 0 Å². The van der Waals surface area contributed by atoms with E-state index in [1.54, 1.807) is 0 Å². The molecule has 6 heteroatoms. The Morgan fingerprint density at radius 2 is 1.41 bits per heavy atom. The highest BCUT2D eigenvalue weighted by atomic mass is 28.4. The second-order valence-electron chi connectivity index (χ2n) is 11.0. The van der Waals surface area contributed by atoms with Gasteiger partial charge in [0.05, 0.1) is 14.2 Å². The van der Waals surface area contributed by atoms with Crippen LogP contribution in [0.2, 0.25) is 18.1 Å². The second kappa shape index (κ2) is 9.31. The van der Waals surface area contributed by atoms with Crippen molar-refractivity contribution < 1.29 is 23.5 Å². The van der Waals surface area contributed by atoms with Gasteiger partial charge in [0.15, 0.2) is 13.7 Å². The molecule has 184 valence electrons. The molecular formula is C28H38O5Si. The number of esters is 2. The van der Waals surface area contributed by atoms with Crippen LogP contribution in [0.25, 0.3) is 0 Å².